The molecular formula is C18H16ClF3N4. The Labute approximate surface area is 154 Å². The summed E-state index contributed by atoms with van der Waals surface area (Å²) >= 11 is 6.16. The van der Waals surface area contributed by atoms with Crippen molar-refractivity contribution in [1.29, 1.82) is 5.26 Å². The molecule has 3 rings (SSSR count). The molecule has 2 unspecified atom stereocenters. The van der Waals surface area contributed by atoms with Crippen molar-refractivity contribution in [1.82, 2.24) is 9.88 Å². The zero-order valence-corrected chi connectivity index (χ0v) is 14.7. The van der Waals surface area contributed by atoms with Crippen LogP contribution in [0.4, 0.5) is 19.0 Å². The number of likely N-dealkylation sites (N-methyl/N-ethyl adjacent to an activating group) is 1. The van der Waals surface area contributed by atoms with Crippen molar-refractivity contribution < 1.29 is 13.2 Å². The fourth-order valence-electron chi connectivity index (χ4n) is 3.33. The molecule has 0 spiro atoms. The van der Waals surface area contributed by atoms with Gasteiger partial charge in [0.1, 0.15) is 11.9 Å². The van der Waals surface area contributed by atoms with Gasteiger partial charge in [0.15, 0.2) is 17.5 Å². The third-order valence-electron chi connectivity index (χ3n) is 4.55. The highest BCUT2D eigenvalue weighted by molar-refractivity contribution is 6.33. The highest BCUT2D eigenvalue weighted by atomic mass is 35.5. The second kappa shape index (κ2) is 7.52. The molecule has 2 atom stereocenters. The van der Waals surface area contributed by atoms with Gasteiger partial charge >= 0.3 is 0 Å². The molecule has 2 aromatic rings. The molecular weight excluding hydrogens is 365 g/mol. The average molecular weight is 381 g/mol. The van der Waals surface area contributed by atoms with E-state index in [9.17, 15) is 13.2 Å². The molecule has 26 heavy (non-hydrogen) atoms. The Hall–Kier alpha value is -2.30. The number of hydrogen-bond acceptors (Lipinski definition) is 4. The molecule has 1 aromatic heterocycles. The first kappa shape index (κ1) is 18.5. The molecule has 1 fully saturated rings. The molecule has 2 heterocycles. The van der Waals surface area contributed by atoms with E-state index in [1.54, 1.807) is 0 Å². The number of nitrogens with zero attached hydrogens (tertiary/aromatic N) is 3. The Bertz CT molecular complexity index is 845. The van der Waals surface area contributed by atoms with E-state index < -0.39 is 17.5 Å². The van der Waals surface area contributed by atoms with Crippen molar-refractivity contribution in [2.45, 2.75) is 25.4 Å². The van der Waals surface area contributed by atoms with E-state index >= 15 is 0 Å². The predicted molar refractivity (Wildman–Crippen MR) is 92.3 cm³/mol. The molecule has 136 valence electrons. The topological polar surface area (TPSA) is 52.0 Å². The predicted octanol–water partition coefficient (Wildman–Crippen LogP) is 4.27. The van der Waals surface area contributed by atoms with Gasteiger partial charge < -0.3 is 5.32 Å². The summed E-state index contributed by atoms with van der Waals surface area (Å²) < 4.78 is 40.7. The Balaban J connectivity index is 1.93. The fraction of sp³-hybridized carbons (Fsp3) is 0.333. The maximum atomic E-state index is 13.7. The van der Waals surface area contributed by atoms with Gasteiger partial charge in [-0.25, -0.2) is 18.2 Å². The lowest BCUT2D eigenvalue weighted by molar-refractivity contribution is 0.263. The summed E-state index contributed by atoms with van der Waals surface area (Å²) in [5, 5.41) is 12.4. The summed E-state index contributed by atoms with van der Waals surface area (Å²) in [5.74, 6) is -3.51. The van der Waals surface area contributed by atoms with Crippen molar-refractivity contribution in [3.8, 4) is 6.07 Å². The first-order valence-corrected chi connectivity index (χ1v) is 8.53. The monoisotopic (exact) mass is 380 g/mol. The number of anilines is 1. The molecule has 4 nitrogen and oxygen atoms in total. The van der Waals surface area contributed by atoms with E-state index in [0.29, 0.717) is 36.5 Å². The summed E-state index contributed by atoms with van der Waals surface area (Å²) in [5.41, 5.74) is 0.685. The van der Waals surface area contributed by atoms with E-state index in [1.165, 1.54) is 12.3 Å². The third-order valence-corrected chi connectivity index (χ3v) is 4.84. The maximum absolute atomic E-state index is 13.7. The second-order valence-electron chi connectivity index (χ2n) is 6.08. The van der Waals surface area contributed by atoms with E-state index in [0.717, 1.165) is 12.1 Å². The van der Waals surface area contributed by atoms with Crippen molar-refractivity contribution in [2.24, 2.45) is 0 Å². The van der Waals surface area contributed by atoms with E-state index in [1.807, 2.05) is 17.9 Å². The Morgan fingerprint density at radius 2 is 2.00 bits per heavy atom. The van der Waals surface area contributed by atoms with Crippen LogP contribution in [0.1, 0.15) is 30.5 Å². The van der Waals surface area contributed by atoms with Gasteiger partial charge in [0, 0.05) is 18.8 Å². The molecule has 1 aromatic carbocycles. The number of nitrogens with one attached hydrogen (secondary N) is 1. The zero-order valence-electron chi connectivity index (χ0n) is 13.9. The van der Waals surface area contributed by atoms with E-state index in [4.69, 9.17) is 16.9 Å². The van der Waals surface area contributed by atoms with Crippen LogP contribution in [-0.4, -0.2) is 29.0 Å². The first-order valence-electron chi connectivity index (χ1n) is 8.15. The first-order chi connectivity index (χ1) is 12.4. The summed E-state index contributed by atoms with van der Waals surface area (Å²) in [6, 6.07) is 4.92. The van der Waals surface area contributed by atoms with Crippen molar-refractivity contribution >= 4 is 17.4 Å². The van der Waals surface area contributed by atoms with Gasteiger partial charge in [0.25, 0.3) is 0 Å². The minimum absolute atomic E-state index is 0.225. The Morgan fingerprint density at radius 1 is 1.31 bits per heavy atom. The quantitative estimate of drug-likeness (QED) is 0.805. The second-order valence-corrected chi connectivity index (χ2v) is 6.48. The lowest BCUT2D eigenvalue weighted by Gasteiger charge is -2.28. The van der Waals surface area contributed by atoms with Crippen LogP contribution in [0.5, 0.6) is 0 Å². The van der Waals surface area contributed by atoms with Gasteiger partial charge in [-0.2, -0.15) is 5.26 Å². The zero-order chi connectivity index (χ0) is 18.8. The lowest BCUT2D eigenvalue weighted by atomic mass is 9.99. The Morgan fingerprint density at radius 3 is 2.58 bits per heavy atom. The number of nitriles is 1. The number of aromatic nitrogens is 1. The van der Waals surface area contributed by atoms with Gasteiger partial charge in [-0.1, -0.05) is 18.5 Å². The average Bonchev–Trinajstić information content (AvgIpc) is 3.03. The molecule has 1 aliphatic rings. The highest BCUT2D eigenvalue weighted by Gasteiger charge is 2.36. The smallest absolute Gasteiger partial charge is 0.194 e. The van der Waals surface area contributed by atoms with Gasteiger partial charge in [-0.3, -0.25) is 4.90 Å². The highest BCUT2D eigenvalue weighted by Crippen LogP contribution is 2.36. The van der Waals surface area contributed by atoms with Crippen LogP contribution in [0.15, 0.2) is 24.4 Å². The van der Waals surface area contributed by atoms with Crippen molar-refractivity contribution in [2.75, 3.05) is 18.4 Å². The molecule has 0 radical (unpaired) electrons. The van der Waals surface area contributed by atoms with Crippen molar-refractivity contribution in [3.05, 3.63) is 58.0 Å². The number of hydrogen-bond donors (Lipinski definition) is 1. The van der Waals surface area contributed by atoms with E-state index in [2.05, 4.69) is 10.3 Å². The fourth-order valence-corrected chi connectivity index (χ4v) is 3.55. The number of pyridine rings is 1. The molecule has 1 aliphatic heterocycles. The summed E-state index contributed by atoms with van der Waals surface area (Å²) in [7, 11) is 0. The minimum Gasteiger partial charge on any atom is -0.364 e. The largest absolute Gasteiger partial charge is 0.364 e. The normalized spacial score (nSPS) is 20.2. The maximum Gasteiger partial charge on any atom is 0.194 e. The van der Waals surface area contributed by atoms with Crippen molar-refractivity contribution in [3.63, 3.8) is 0 Å². The molecule has 8 heteroatoms. The minimum atomic E-state index is -1.48. The molecule has 0 bridgehead atoms. The number of likely N-dealkylation sites (tertiary alicyclic amines) is 1. The van der Waals surface area contributed by atoms with Crippen LogP contribution >= 0.6 is 11.6 Å². The number of halogens is 4. The van der Waals surface area contributed by atoms with Crippen LogP contribution in [0.2, 0.25) is 5.02 Å². The number of rotatable bonds is 4. The molecule has 0 saturated carbocycles. The standard InChI is InChI=1S/C18H16ClF3N4/c1-2-26-4-3-15(25-18-12(19)5-10(8-23)9-24-18)17(26)11-6-13(20)16(22)14(21)7-11/h5-7,9,15,17H,2-4H2,1H3,(H,24,25). The molecule has 0 aliphatic carbocycles. The van der Waals surface area contributed by atoms with Gasteiger partial charge in [-0.05, 0) is 36.7 Å². The summed E-state index contributed by atoms with van der Waals surface area (Å²) in [4.78, 5) is 6.19. The van der Waals surface area contributed by atoms with Crippen LogP contribution < -0.4 is 5.32 Å². The Kier molecular flexibility index (Phi) is 5.35. The summed E-state index contributed by atoms with van der Waals surface area (Å²) in [6.45, 7) is 3.31. The van der Waals surface area contributed by atoms with E-state index in [-0.39, 0.29) is 17.1 Å². The SMILES string of the molecule is CCN1CCC(Nc2ncc(C#N)cc2Cl)C1c1cc(F)c(F)c(F)c1. The van der Waals surface area contributed by atoms with Gasteiger partial charge in [0.05, 0.1) is 16.6 Å². The summed E-state index contributed by atoms with van der Waals surface area (Å²) in [6.07, 6.45) is 2.09. The molecule has 1 saturated heterocycles. The van der Waals surface area contributed by atoms with Crippen LogP contribution in [-0.2, 0) is 0 Å². The van der Waals surface area contributed by atoms with Crippen LogP contribution in [0.3, 0.4) is 0 Å². The number of benzene rings is 1. The molecule has 1 N–H and O–H groups in total. The van der Waals surface area contributed by atoms with Gasteiger partial charge in [0.2, 0.25) is 0 Å². The lowest BCUT2D eigenvalue weighted by Crippen LogP contribution is -2.31. The van der Waals surface area contributed by atoms with Crippen LogP contribution in [0.25, 0.3) is 0 Å². The van der Waals surface area contributed by atoms with Crippen LogP contribution in [0, 0.1) is 28.8 Å². The van der Waals surface area contributed by atoms with Gasteiger partial charge in [-0.15, -0.1) is 0 Å². The third kappa shape index (κ3) is 3.48. The molecule has 0 amide bonds.